The molecule has 1 amide bonds. The van der Waals surface area contributed by atoms with Crippen LogP contribution in [0.25, 0.3) is 0 Å². The standard InChI is InChI=1S/C10H15N3OS3/c1-8-11-12-10(17-8)16-5-2-9(14)13-3-6-15-7-4-13/h2-7H2,1H3. The van der Waals surface area contributed by atoms with Crippen LogP contribution in [0.2, 0.25) is 0 Å². The fourth-order valence-corrected chi connectivity index (χ4v) is 4.25. The zero-order valence-corrected chi connectivity index (χ0v) is 12.2. The van der Waals surface area contributed by atoms with Gasteiger partial charge in [0.1, 0.15) is 5.01 Å². The third-order valence-electron chi connectivity index (χ3n) is 2.41. The van der Waals surface area contributed by atoms with E-state index in [1.807, 2.05) is 23.6 Å². The maximum Gasteiger partial charge on any atom is 0.223 e. The van der Waals surface area contributed by atoms with Gasteiger partial charge in [-0.2, -0.15) is 11.8 Å². The minimum Gasteiger partial charge on any atom is -0.341 e. The molecule has 0 atom stereocenters. The largest absolute Gasteiger partial charge is 0.341 e. The van der Waals surface area contributed by atoms with Gasteiger partial charge < -0.3 is 4.90 Å². The van der Waals surface area contributed by atoms with E-state index in [-0.39, 0.29) is 5.91 Å². The van der Waals surface area contributed by atoms with Gasteiger partial charge in [-0.1, -0.05) is 23.1 Å². The van der Waals surface area contributed by atoms with Gasteiger partial charge in [0.2, 0.25) is 5.91 Å². The van der Waals surface area contributed by atoms with Crippen LogP contribution in [0.5, 0.6) is 0 Å². The summed E-state index contributed by atoms with van der Waals surface area (Å²) < 4.78 is 0.962. The third kappa shape index (κ3) is 4.15. The maximum atomic E-state index is 11.9. The summed E-state index contributed by atoms with van der Waals surface area (Å²) in [5.41, 5.74) is 0. The SMILES string of the molecule is Cc1nnc(SCCC(=O)N2CCSCC2)s1. The zero-order chi connectivity index (χ0) is 12.1. The molecule has 0 radical (unpaired) electrons. The Labute approximate surface area is 114 Å². The lowest BCUT2D eigenvalue weighted by Gasteiger charge is -2.26. The fraction of sp³-hybridized carbons (Fsp3) is 0.700. The Kier molecular flexibility index (Phi) is 5.12. The molecule has 0 spiro atoms. The van der Waals surface area contributed by atoms with E-state index in [2.05, 4.69) is 10.2 Å². The van der Waals surface area contributed by atoms with Gasteiger partial charge in [-0.25, -0.2) is 0 Å². The normalized spacial score (nSPS) is 16.2. The first-order valence-corrected chi connectivity index (χ1v) is 8.50. The van der Waals surface area contributed by atoms with Crippen molar-refractivity contribution >= 4 is 40.8 Å². The van der Waals surface area contributed by atoms with E-state index < -0.39 is 0 Å². The van der Waals surface area contributed by atoms with Gasteiger partial charge >= 0.3 is 0 Å². The molecule has 1 aromatic rings. The molecule has 4 nitrogen and oxygen atoms in total. The molecular weight excluding hydrogens is 274 g/mol. The van der Waals surface area contributed by atoms with E-state index in [0.717, 1.165) is 39.7 Å². The molecule has 94 valence electrons. The van der Waals surface area contributed by atoms with Gasteiger partial charge in [-0.15, -0.1) is 10.2 Å². The van der Waals surface area contributed by atoms with E-state index in [9.17, 15) is 4.79 Å². The van der Waals surface area contributed by atoms with Gasteiger partial charge in [0, 0.05) is 36.8 Å². The van der Waals surface area contributed by atoms with E-state index in [1.54, 1.807) is 23.1 Å². The van der Waals surface area contributed by atoms with Gasteiger partial charge in [0.05, 0.1) is 0 Å². The maximum absolute atomic E-state index is 11.9. The molecule has 0 unspecified atom stereocenters. The smallest absolute Gasteiger partial charge is 0.223 e. The molecule has 1 aliphatic rings. The summed E-state index contributed by atoms with van der Waals surface area (Å²) in [5, 5.41) is 8.96. The predicted octanol–water partition coefficient (Wildman–Crippen LogP) is 1.90. The Hall–Kier alpha value is -0.270. The number of rotatable bonds is 4. The number of thioether (sulfide) groups is 2. The van der Waals surface area contributed by atoms with Crippen molar-refractivity contribution in [1.29, 1.82) is 0 Å². The monoisotopic (exact) mass is 289 g/mol. The van der Waals surface area contributed by atoms with E-state index in [4.69, 9.17) is 0 Å². The Morgan fingerprint density at radius 3 is 2.82 bits per heavy atom. The fourth-order valence-electron chi connectivity index (χ4n) is 1.53. The molecule has 2 rings (SSSR count). The molecule has 7 heteroatoms. The highest BCUT2D eigenvalue weighted by molar-refractivity contribution is 8.01. The molecule has 0 N–H and O–H groups in total. The molecule has 2 heterocycles. The Morgan fingerprint density at radius 2 is 2.18 bits per heavy atom. The first-order valence-electron chi connectivity index (χ1n) is 5.54. The van der Waals surface area contributed by atoms with Crippen molar-refractivity contribution < 1.29 is 4.79 Å². The molecule has 0 aromatic carbocycles. The summed E-state index contributed by atoms with van der Waals surface area (Å²) in [7, 11) is 0. The first kappa shape index (κ1) is 13.2. The Morgan fingerprint density at radius 1 is 1.41 bits per heavy atom. The number of hydrogen-bond acceptors (Lipinski definition) is 6. The number of carbonyl (C=O) groups is 1. The number of amides is 1. The summed E-state index contributed by atoms with van der Waals surface area (Å²) in [6.07, 6.45) is 0.605. The molecule has 1 fully saturated rings. The zero-order valence-electron chi connectivity index (χ0n) is 9.72. The van der Waals surface area contributed by atoms with Crippen molar-refractivity contribution in [2.75, 3.05) is 30.3 Å². The second-order valence-electron chi connectivity index (χ2n) is 3.68. The van der Waals surface area contributed by atoms with Gasteiger partial charge in [0.25, 0.3) is 0 Å². The first-order chi connectivity index (χ1) is 8.25. The summed E-state index contributed by atoms with van der Waals surface area (Å²) >= 11 is 5.14. The van der Waals surface area contributed by atoms with Crippen molar-refractivity contribution in [3.8, 4) is 0 Å². The Balaban J connectivity index is 1.69. The van der Waals surface area contributed by atoms with Gasteiger partial charge in [0.15, 0.2) is 4.34 Å². The van der Waals surface area contributed by atoms with E-state index in [1.165, 1.54) is 0 Å². The molecule has 1 aromatic heterocycles. The van der Waals surface area contributed by atoms with Crippen molar-refractivity contribution in [1.82, 2.24) is 15.1 Å². The number of carbonyl (C=O) groups excluding carboxylic acids is 1. The van der Waals surface area contributed by atoms with Crippen LogP contribution in [0.15, 0.2) is 4.34 Å². The van der Waals surface area contributed by atoms with E-state index in [0.29, 0.717) is 6.42 Å². The Bertz CT molecular complexity index is 377. The van der Waals surface area contributed by atoms with Crippen LogP contribution < -0.4 is 0 Å². The van der Waals surface area contributed by atoms with Crippen LogP contribution in [-0.4, -0.2) is 51.4 Å². The van der Waals surface area contributed by atoms with Gasteiger partial charge in [-0.3, -0.25) is 4.79 Å². The van der Waals surface area contributed by atoms with Crippen molar-refractivity contribution in [3.63, 3.8) is 0 Å². The average Bonchev–Trinajstić information content (AvgIpc) is 2.76. The van der Waals surface area contributed by atoms with E-state index >= 15 is 0 Å². The highest BCUT2D eigenvalue weighted by Crippen LogP contribution is 2.22. The number of aryl methyl sites for hydroxylation is 1. The molecular formula is C10H15N3OS3. The lowest BCUT2D eigenvalue weighted by molar-refractivity contribution is -0.130. The summed E-state index contributed by atoms with van der Waals surface area (Å²) in [5.74, 6) is 3.24. The minimum atomic E-state index is 0.277. The number of hydrogen-bond donors (Lipinski definition) is 0. The number of aromatic nitrogens is 2. The lowest BCUT2D eigenvalue weighted by Crippen LogP contribution is -2.38. The van der Waals surface area contributed by atoms with Crippen LogP contribution in [0.1, 0.15) is 11.4 Å². The number of nitrogens with zero attached hydrogens (tertiary/aromatic N) is 3. The van der Waals surface area contributed by atoms with Gasteiger partial charge in [-0.05, 0) is 6.92 Å². The highest BCUT2D eigenvalue weighted by atomic mass is 32.2. The minimum absolute atomic E-state index is 0.277. The molecule has 17 heavy (non-hydrogen) atoms. The molecule has 0 aliphatic carbocycles. The van der Waals surface area contributed by atoms with Crippen molar-refractivity contribution in [2.45, 2.75) is 17.7 Å². The lowest BCUT2D eigenvalue weighted by atomic mass is 10.4. The van der Waals surface area contributed by atoms with Crippen LogP contribution in [0, 0.1) is 6.92 Å². The summed E-state index contributed by atoms with van der Waals surface area (Å²) in [4.78, 5) is 13.8. The van der Waals surface area contributed by atoms with Crippen LogP contribution in [-0.2, 0) is 4.79 Å². The van der Waals surface area contributed by atoms with Crippen molar-refractivity contribution in [2.24, 2.45) is 0 Å². The predicted molar refractivity (Wildman–Crippen MR) is 73.9 cm³/mol. The molecule has 0 bridgehead atoms. The molecule has 1 saturated heterocycles. The summed E-state index contributed by atoms with van der Waals surface area (Å²) in [6, 6.07) is 0. The second-order valence-corrected chi connectivity index (χ2v) is 7.43. The van der Waals surface area contributed by atoms with Crippen LogP contribution in [0.3, 0.4) is 0 Å². The third-order valence-corrected chi connectivity index (χ3v) is 5.33. The van der Waals surface area contributed by atoms with Crippen molar-refractivity contribution in [3.05, 3.63) is 5.01 Å². The quantitative estimate of drug-likeness (QED) is 0.792. The molecule has 1 aliphatic heterocycles. The van der Waals surface area contributed by atoms with Crippen LogP contribution >= 0.6 is 34.9 Å². The summed E-state index contributed by atoms with van der Waals surface area (Å²) in [6.45, 7) is 3.76. The second kappa shape index (κ2) is 6.61. The highest BCUT2D eigenvalue weighted by Gasteiger charge is 2.16. The average molecular weight is 289 g/mol. The topological polar surface area (TPSA) is 46.1 Å². The molecule has 0 saturated carbocycles. The van der Waals surface area contributed by atoms with Crippen LogP contribution in [0.4, 0.5) is 0 Å².